The van der Waals surface area contributed by atoms with Gasteiger partial charge in [-0.05, 0) is 55.5 Å². The van der Waals surface area contributed by atoms with E-state index in [1.165, 1.54) is 32.2 Å². The predicted octanol–water partition coefficient (Wildman–Crippen LogP) is 3.92. The van der Waals surface area contributed by atoms with Crippen molar-refractivity contribution >= 4 is 53.7 Å². The van der Waals surface area contributed by atoms with E-state index < -0.39 is 23.9 Å². The average Bonchev–Trinajstić information content (AvgIpc) is 2.92. The van der Waals surface area contributed by atoms with E-state index in [-0.39, 0.29) is 54.8 Å². The Balaban J connectivity index is 0.00000146. The fraction of sp³-hybridized carbons (Fsp3) is 0.464. The zero-order chi connectivity index (χ0) is 29.9. The van der Waals surface area contributed by atoms with Gasteiger partial charge in [-0.3, -0.25) is 4.79 Å². The van der Waals surface area contributed by atoms with Crippen LogP contribution in [-0.4, -0.2) is 92.8 Å². The molecule has 0 spiro atoms. The van der Waals surface area contributed by atoms with Crippen LogP contribution < -0.4 is 0 Å². The first-order chi connectivity index (χ1) is 19.1. The maximum absolute atomic E-state index is 12.8. The number of thioether (sulfide) groups is 2. The lowest BCUT2D eigenvalue weighted by Gasteiger charge is -2.20. The van der Waals surface area contributed by atoms with Crippen LogP contribution in [-0.2, 0) is 33.3 Å². The quantitative estimate of drug-likeness (QED) is 0.114. The van der Waals surface area contributed by atoms with Gasteiger partial charge in [0.15, 0.2) is 0 Å². The first kappa shape index (κ1) is 34.9. The number of methoxy groups -OCH3 is 1. The number of allylic oxidation sites excluding steroid dienone is 1. The van der Waals surface area contributed by atoms with Gasteiger partial charge in [0.2, 0.25) is 0 Å². The van der Waals surface area contributed by atoms with Crippen molar-refractivity contribution in [1.29, 1.82) is 0 Å². The third kappa shape index (κ3) is 13.8. The summed E-state index contributed by atoms with van der Waals surface area (Å²) >= 11 is 3.47. The number of carbonyl (C=O) groups is 5. The molecule has 1 fully saturated rings. The molecular formula is C28H36O10S2. The summed E-state index contributed by atoms with van der Waals surface area (Å²) in [5.41, 5.74) is 0.666. The summed E-state index contributed by atoms with van der Waals surface area (Å²) in [7, 11) is 1.46. The highest BCUT2D eigenvalue weighted by Gasteiger charge is 2.24. The molecule has 0 unspecified atom stereocenters. The summed E-state index contributed by atoms with van der Waals surface area (Å²) < 4.78 is 25.7. The van der Waals surface area contributed by atoms with E-state index in [0.717, 1.165) is 24.2 Å². The number of rotatable bonds is 12. The second kappa shape index (κ2) is 19.9. The van der Waals surface area contributed by atoms with Crippen molar-refractivity contribution in [3.63, 3.8) is 0 Å². The van der Waals surface area contributed by atoms with Gasteiger partial charge in [0.25, 0.3) is 0 Å². The Kier molecular flexibility index (Phi) is 17.4. The highest BCUT2D eigenvalue weighted by molar-refractivity contribution is 8.00. The lowest BCUT2D eigenvalue weighted by atomic mass is 10.0. The summed E-state index contributed by atoms with van der Waals surface area (Å²) in [6.07, 6.45) is 1.59. The van der Waals surface area contributed by atoms with Crippen LogP contribution in [0.4, 0.5) is 0 Å². The van der Waals surface area contributed by atoms with Crippen molar-refractivity contribution in [3.05, 3.63) is 59.2 Å². The Morgan fingerprint density at radius 2 is 1.43 bits per heavy atom. The Labute approximate surface area is 243 Å². The summed E-state index contributed by atoms with van der Waals surface area (Å²) in [5.74, 6) is 0.564. The van der Waals surface area contributed by atoms with Crippen molar-refractivity contribution in [2.24, 2.45) is 0 Å². The van der Waals surface area contributed by atoms with Gasteiger partial charge >= 0.3 is 23.9 Å². The maximum atomic E-state index is 12.8. The zero-order valence-electron chi connectivity index (χ0n) is 23.1. The van der Waals surface area contributed by atoms with Crippen molar-refractivity contribution in [2.45, 2.75) is 26.4 Å². The molecule has 1 saturated heterocycles. The summed E-state index contributed by atoms with van der Waals surface area (Å²) in [4.78, 5) is 58.9. The molecule has 0 saturated carbocycles. The molecule has 0 amide bonds. The number of esters is 4. The molecule has 220 valence electrons. The first-order valence-electron chi connectivity index (χ1n) is 12.4. The Hall–Kier alpha value is -3.09. The molecule has 10 nitrogen and oxygen atoms in total. The number of ether oxygens (including phenoxy) is 5. The molecular weight excluding hydrogens is 560 g/mol. The van der Waals surface area contributed by atoms with E-state index in [9.17, 15) is 24.0 Å². The van der Waals surface area contributed by atoms with Crippen LogP contribution in [0.5, 0.6) is 0 Å². The van der Waals surface area contributed by atoms with E-state index in [1.54, 1.807) is 30.4 Å². The van der Waals surface area contributed by atoms with Gasteiger partial charge in [0.05, 0.1) is 23.3 Å². The van der Waals surface area contributed by atoms with Gasteiger partial charge in [-0.2, -0.15) is 23.5 Å². The van der Waals surface area contributed by atoms with Gasteiger partial charge in [-0.15, -0.1) is 0 Å². The van der Waals surface area contributed by atoms with Gasteiger partial charge in [-0.1, -0.05) is 13.2 Å². The lowest BCUT2D eigenvalue weighted by molar-refractivity contribution is -0.140. The summed E-state index contributed by atoms with van der Waals surface area (Å²) in [6.45, 7) is 9.66. The second-order valence-electron chi connectivity index (χ2n) is 8.44. The van der Waals surface area contributed by atoms with Gasteiger partial charge in [0.1, 0.15) is 32.2 Å². The molecule has 2 rings (SSSR count). The van der Waals surface area contributed by atoms with Crippen LogP contribution >= 0.6 is 23.5 Å². The molecule has 1 aliphatic rings. The van der Waals surface area contributed by atoms with E-state index in [4.69, 9.17) is 23.7 Å². The van der Waals surface area contributed by atoms with Crippen molar-refractivity contribution in [3.8, 4) is 0 Å². The maximum Gasteiger partial charge on any atom is 0.339 e. The van der Waals surface area contributed by atoms with Crippen molar-refractivity contribution < 1.29 is 47.7 Å². The minimum Gasteiger partial charge on any atom is -0.460 e. The summed E-state index contributed by atoms with van der Waals surface area (Å²) in [5, 5.41) is 0. The van der Waals surface area contributed by atoms with Crippen LogP contribution in [0.2, 0.25) is 0 Å². The van der Waals surface area contributed by atoms with Crippen LogP contribution in [0.3, 0.4) is 0 Å². The highest BCUT2D eigenvalue weighted by Crippen LogP contribution is 2.21. The van der Waals surface area contributed by atoms with Gasteiger partial charge < -0.3 is 23.7 Å². The molecule has 0 aliphatic carbocycles. The topological polar surface area (TPSA) is 132 Å². The zero-order valence-corrected chi connectivity index (χ0v) is 24.7. The first-order valence-corrected chi connectivity index (χ1v) is 14.7. The SMILES string of the molecule is C=C(C)C(=O)OCCOC(=O)c1cc(C(=O)OC2CSCCCSC2)ccc1C(=O)OCCOC.C=C(C)C=O. The van der Waals surface area contributed by atoms with Crippen molar-refractivity contribution in [1.82, 2.24) is 0 Å². The van der Waals surface area contributed by atoms with Crippen LogP contribution in [0, 0.1) is 0 Å². The fourth-order valence-corrected chi connectivity index (χ4v) is 5.07. The van der Waals surface area contributed by atoms with Crippen molar-refractivity contribution in [2.75, 3.05) is 56.5 Å². The normalized spacial score (nSPS) is 13.3. The number of hydrogen-bond acceptors (Lipinski definition) is 12. The number of hydrogen-bond donors (Lipinski definition) is 0. The number of carbonyl (C=O) groups excluding carboxylic acids is 5. The highest BCUT2D eigenvalue weighted by atomic mass is 32.2. The number of aldehydes is 1. The third-order valence-corrected chi connectivity index (χ3v) is 7.14. The Bertz CT molecular complexity index is 1050. The second-order valence-corrected chi connectivity index (χ2v) is 10.7. The standard InChI is InChI=1S/C24H30O9S2.C4H6O/c1-16(2)21(25)30-9-10-32-24(28)20-13-17(5-6-19(20)23(27)31-8-7-29-3)22(26)33-18-14-34-11-4-12-35-15-18;1-4(2)3-5/h5-6,13,18H,1,4,7-12,14-15H2,2-3H3;3H,1H2,2H3. The predicted molar refractivity (Wildman–Crippen MR) is 154 cm³/mol. The van der Waals surface area contributed by atoms with Gasteiger partial charge in [0, 0.05) is 24.2 Å². The molecule has 0 radical (unpaired) electrons. The molecule has 12 heteroatoms. The van der Waals surface area contributed by atoms with E-state index in [0.29, 0.717) is 17.1 Å². The average molecular weight is 597 g/mol. The largest absolute Gasteiger partial charge is 0.460 e. The fourth-order valence-electron chi connectivity index (χ4n) is 2.81. The monoisotopic (exact) mass is 596 g/mol. The van der Waals surface area contributed by atoms with Gasteiger partial charge in [-0.25, -0.2) is 19.2 Å². The minimum atomic E-state index is -0.873. The van der Waals surface area contributed by atoms with E-state index >= 15 is 0 Å². The molecule has 1 aromatic rings. The van der Waals surface area contributed by atoms with E-state index in [2.05, 4.69) is 13.2 Å². The molecule has 0 bridgehead atoms. The molecule has 0 aromatic heterocycles. The number of benzene rings is 1. The molecule has 1 heterocycles. The molecule has 1 aliphatic heterocycles. The van der Waals surface area contributed by atoms with Crippen LogP contribution in [0.1, 0.15) is 51.3 Å². The smallest absolute Gasteiger partial charge is 0.339 e. The minimum absolute atomic E-state index is 0.0124. The van der Waals surface area contributed by atoms with Crippen LogP contribution in [0.25, 0.3) is 0 Å². The Morgan fingerprint density at radius 1 is 0.875 bits per heavy atom. The lowest BCUT2D eigenvalue weighted by Crippen LogP contribution is -2.25. The summed E-state index contributed by atoms with van der Waals surface area (Å²) in [6, 6.07) is 3.98. The molecule has 40 heavy (non-hydrogen) atoms. The third-order valence-electron chi connectivity index (χ3n) is 4.77. The van der Waals surface area contributed by atoms with E-state index in [1.807, 2.05) is 0 Å². The Morgan fingerprint density at radius 3 is 1.98 bits per heavy atom. The molecule has 0 N–H and O–H groups in total. The molecule has 0 atom stereocenters. The van der Waals surface area contributed by atoms with Crippen LogP contribution in [0.15, 0.2) is 42.5 Å². The molecule has 1 aromatic carbocycles.